The van der Waals surface area contributed by atoms with E-state index in [0.717, 1.165) is 31.4 Å². The molecule has 0 aromatic carbocycles. The van der Waals surface area contributed by atoms with Crippen molar-refractivity contribution in [2.45, 2.75) is 31.9 Å². The van der Waals surface area contributed by atoms with Crippen molar-refractivity contribution in [2.24, 2.45) is 16.8 Å². The monoisotopic (exact) mass is 303 g/mol. The van der Waals surface area contributed by atoms with Crippen molar-refractivity contribution >= 4 is 5.84 Å². The number of hydrogen-bond acceptors (Lipinski definition) is 4. The standard InChI is InChI=1S/C13H16F3N3O2/c14-13(15,16)10-5-4-9(11(17)19-20)12(18-10)21-7-6-8-2-1-3-8/h4-5,8,20H,1-3,6-7H2,(H2,17,19). The number of aromatic nitrogens is 1. The number of halogens is 3. The largest absolute Gasteiger partial charge is 0.477 e. The highest BCUT2D eigenvalue weighted by molar-refractivity contribution is 5.99. The van der Waals surface area contributed by atoms with Crippen LogP contribution in [0.4, 0.5) is 13.2 Å². The van der Waals surface area contributed by atoms with Gasteiger partial charge in [-0.3, -0.25) is 0 Å². The number of pyridine rings is 1. The van der Waals surface area contributed by atoms with Crippen LogP contribution in [0.25, 0.3) is 0 Å². The van der Waals surface area contributed by atoms with E-state index in [1.807, 2.05) is 0 Å². The third kappa shape index (κ3) is 3.77. The molecule has 21 heavy (non-hydrogen) atoms. The molecule has 116 valence electrons. The molecule has 1 saturated carbocycles. The van der Waals surface area contributed by atoms with E-state index in [0.29, 0.717) is 5.92 Å². The van der Waals surface area contributed by atoms with Crippen molar-refractivity contribution in [2.75, 3.05) is 6.61 Å². The number of oxime groups is 1. The lowest BCUT2D eigenvalue weighted by molar-refractivity contribution is -0.141. The molecular formula is C13H16F3N3O2. The summed E-state index contributed by atoms with van der Waals surface area (Å²) in [5, 5.41) is 11.4. The highest BCUT2D eigenvalue weighted by Crippen LogP contribution is 2.31. The van der Waals surface area contributed by atoms with Crippen molar-refractivity contribution in [3.05, 3.63) is 23.4 Å². The number of hydrogen-bond donors (Lipinski definition) is 2. The number of alkyl halides is 3. The summed E-state index contributed by atoms with van der Waals surface area (Å²) >= 11 is 0. The lowest BCUT2D eigenvalue weighted by Gasteiger charge is -2.25. The minimum atomic E-state index is -4.57. The van der Waals surface area contributed by atoms with E-state index in [2.05, 4.69) is 10.1 Å². The Bertz CT molecular complexity index is 528. The summed E-state index contributed by atoms with van der Waals surface area (Å²) in [7, 11) is 0. The molecule has 1 aliphatic rings. The van der Waals surface area contributed by atoms with Gasteiger partial charge >= 0.3 is 6.18 Å². The fourth-order valence-electron chi connectivity index (χ4n) is 2.06. The van der Waals surface area contributed by atoms with Crippen molar-refractivity contribution in [1.82, 2.24) is 4.98 Å². The van der Waals surface area contributed by atoms with Gasteiger partial charge in [0, 0.05) is 0 Å². The zero-order valence-corrected chi connectivity index (χ0v) is 11.2. The Labute approximate surface area is 119 Å². The van der Waals surface area contributed by atoms with Gasteiger partial charge in [0.05, 0.1) is 12.2 Å². The van der Waals surface area contributed by atoms with E-state index in [-0.39, 0.29) is 23.9 Å². The molecule has 0 spiro atoms. The van der Waals surface area contributed by atoms with Gasteiger partial charge < -0.3 is 15.7 Å². The number of rotatable bonds is 5. The average molecular weight is 303 g/mol. The third-order valence-corrected chi connectivity index (χ3v) is 3.52. The minimum absolute atomic E-state index is 0.0408. The van der Waals surface area contributed by atoms with E-state index in [4.69, 9.17) is 15.7 Å². The molecule has 5 nitrogen and oxygen atoms in total. The van der Waals surface area contributed by atoms with Crippen LogP contribution in [-0.2, 0) is 6.18 Å². The van der Waals surface area contributed by atoms with Crippen LogP contribution in [0, 0.1) is 5.92 Å². The van der Waals surface area contributed by atoms with E-state index in [1.54, 1.807) is 0 Å². The van der Waals surface area contributed by atoms with E-state index in [1.165, 1.54) is 6.42 Å². The number of amidine groups is 1. The van der Waals surface area contributed by atoms with Crippen LogP contribution in [-0.4, -0.2) is 22.6 Å². The molecule has 0 unspecified atom stereocenters. The summed E-state index contributed by atoms with van der Waals surface area (Å²) in [6.07, 6.45) is -0.399. The van der Waals surface area contributed by atoms with E-state index >= 15 is 0 Å². The molecule has 0 aliphatic heterocycles. The van der Waals surface area contributed by atoms with Crippen molar-refractivity contribution in [3.63, 3.8) is 0 Å². The predicted octanol–water partition coefficient (Wildman–Crippen LogP) is 2.76. The first-order chi connectivity index (χ1) is 9.91. The topological polar surface area (TPSA) is 80.7 Å². The Balaban J connectivity index is 2.16. The molecule has 2 rings (SSSR count). The summed E-state index contributed by atoms with van der Waals surface area (Å²) in [6.45, 7) is 0.255. The van der Waals surface area contributed by atoms with Gasteiger partial charge in [-0.1, -0.05) is 24.4 Å². The molecule has 1 aliphatic carbocycles. The van der Waals surface area contributed by atoms with Gasteiger partial charge in [0.1, 0.15) is 5.69 Å². The fraction of sp³-hybridized carbons (Fsp3) is 0.538. The van der Waals surface area contributed by atoms with Crippen LogP contribution in [0.5, 0.6) is 5.88 Å². The Morgan fingerprint density at radius 3 is 2.67 bits per heavy atom. The van der Waals surface area contributed by atoms with Crippen LogP contribution >= 0.6 is 0 Å². The van der Waals surface area contributed by atoms with E-state index < -0.39 is 11.9 Å². The lowest BCUT2D eigenvalue weighted by atomic mass is 9.83. The highest BCUT2D eigenvalue weighted by Gasteiger charge is 2.33. The van der Waals surface area contributed by atoms with Gasteiger partial charge in [0.2, 0.25) is 5.88 Å². The minimum Gasteiger partial charge on any atom is -0.477 e. The summed E-state index contributed by atoms with van der Waals surface area (Å²) in [6, 6.07) is 1.86. The van der Waals surface area contributed by atoms with E-state index in [9.17, 15) is 13.2 Å². The Hall–Kier alpha value is -1.99. The molecule has 1 heterocycles. The molecule has 0 saturated heterocycles. The fourth-order valence-corrected chi connectivity index (χ4v) is 2.06. The van der Waals surface area contributed by atoms with Crippen LogP contribution in [0.15, 0.2) is 17.3 Å². The third-order valence-electron chi connectivity index (χ3n) is 3.52. The van der Waals surface area contributed by atoms with Gasteiger partial charge in [0.25, 0.3) is 0 Å². The van der Waals surface area contributed by atoms with Gasteiger partial charge in [-0.25, -0.2) is 4.98 Å². The van der Waals surface area contributed by atoms with Crippen LogP contribution < -0.4 is 10.5 Å². The average Bonchev–Trinajstić information content (AvgIpc) is 2.39. The quantitative estimate of drug-likeness (QED) is 0.379. The molecular weight excluding hydrogens is 287 g/mol. The van der Waals surface area contributed by atoms with Gasteiger partial charge in [-0.15, -0.1) is 0 Å². The molecule has 0 bridgehead atoms. The van der Waals surface area contributed by atoms with Crippen molar-refractivity contribution in [3.8, 4) is 5.88 Å². The summed E-state index contributed by atoms with van der Waals surface area (Å²) in [5.41, 5.74) is 4.39. The maximum atomic E-state index is 12.7. The Morgan fingerprint density at radius 1 is 1.43 bits per heavy atom. The highest BCUT2D eigenvalue weighted by atomic mass is 19.4. The predicted molar refractivity (Wildman–Crippen MR) is 69.2 cm³/mol. The summed E-state index contributed by atoms with van der Waals surface area (Å²) < 4.78 is 43.3. The van der Waals surface area contributed by atoms with Crippen LogP contribution in [0.2, 0.25) is 0 Å². The first-order valence-corrected chi connectivity index (χ1v) is 6.60. The molecule has 0 radical (unpaired) electrons. The number of ether oxygens (including phenoxy) is 1. The van der Waals surface area contributed by atoms with Crippen molar-refractivity contribution < 1.29 is 23.1 Å². The van der Waals surface area contributed by atoms with Gasteiger partial charge in [-0.2, -0.15) is 13.2 Å². The van der Waals surface area contributed by atoms with Crippen molar-refractivity contribution in [1.29, 1.82) is 0 Å². The zero-order valence-electron chi connectivity index (χ0n) is 11.2. The Morgan fingerprint density at radius 2 is 2.14 bits per heavy atom. The molecule has 8 heteroatoms. The normalized spacial score (nSPS) is 16.6. The molecule has 0 atom stereocenters. The maximum Gasteiger partial charge on any atom is 0.433 e. The first-order valence-electron chi connectivity index (χ1n) is 6.60. The summed E-state index contributed by atoms with van der Waals surface area (Å²) in [5.74, 6) is -0.0441. The molecule has 3 N–H and O–H groups in total. The molecule has 1 aromatic rings. The number of nitrogens with two attached hydrogens (primary N) is 1. The van der Waals surface area contributed by atoms with Crippen LogP contribution in [0.1, 0.15) is 36.9 Å². The SMILES string of the molecule is N/C(=N/O)c1ccc(C(F)(F)F)nc1OCCC1CCC1. The van der Waals surface area contributed by atoms with Gasteiger partial charge in [-0.05, 0) is 24.5 Å². The second-order valence-corrected chi connectivity index (χ2v) is 4.97. The molecule has 1 fully saturated rings. The smallest absolute Gasteiger partial charge is 0.433 e. The lowest BCUT2D eigenvalue weighted by Crippen LogP contribution is -2.19. The maximum absolute atomic E-state index is 12.7. The molecule has 1 aromatic heterocycles. The second-order valence-electron chi connectivity index (χ2n) is 4.97. The second kappa shape index (κ2) is 6.19. The van der Waals surface area contributed by atoms with Gasteiger partial charge in [0.15, 0.2) is 5.84 Å². The number of nitrogens with zero attached hydrogens (tertiary/aromatic N) is 2. The first kappa shape index (κ1) is 15.4. The van der Waals surface area contributed by atoms with Crippen LogP contribution in [0.3, 0.4) is 0 Å². The molecule has 0 amide bonds. The Kier molecular flexibility index (Phi) is 4.54. The zero-order chi connectivity index (χ0) is 15.5. The summed E-state index contributed by atoms with van der Waals surface area (Å²) in [4.78, 5) is 3.43.